The van der Waals surface area contributed by atoms with Gasteiger partial charge in [0, 0.05) is 32.4 Å². The Bertz CT molecular complexity index is 1350. The number of aromatic nitrogens is 1. The van der Waals surface area contributed by atoms with Crippen LogP contribution in [-0.4, -0.2) is 63.6 Å². The van der Waals surface area contributed by atoms with E-state index in [-0.39, 0.29) is 49.9 Å². The molecule has 0 saturated carbocycles. The van der Waals surface area contributed by atoms with Crippen LogP contribution in [0.25, 0.3) is 10.1 Å². The number of ether oxygens (including phenoxy) is 2. The molecule has 0 unspecified atom stereocenters. The average molecular weight is 544 g/mol. The predicted molar refractivity (Wildman–Crippen MR) is 129 cm³/mol. The molecule has 36 heavy (non-hydrogen) atoms. The topological polar surface area (TPSA) is 89.0 Å². The molecule has 1 aromatic carbocycles. The number of carbonyl (C=O) groups excluding carboxylic acids is 1. The molecule has 8 nitrogen and oxygen atoms in total. The maximum atomic E-state index is 13.7. The largest absolute Gasteiger partial charge is 0.495 e. The summed E-state index contributed by atoms with van der Waals surface area (Å²) in [5.74, 6) is 0.144. The Morgan fingerprint density at radius 3 is 2.44 bits per heavy atom. The third-order valence-corrected chi connectivity index (χ3v) is 8.99. The van der Waals surface area contributed by atoms with Crippen LogP contribution in [0.5, 0.6) is 5.75 Å². The fraction of sp³-hybridized carbons (Fsp3) is 0.391. The molecule has 1 saturated heterocycles. The highest BCUT2D eigenvalue weighted by Crippen LogP contribution is 2.40. The van der Waals surface area contributed by atoms with Crippen molar-refractivity contribution < 1.29 is 35.9 Å². The van der Waals surface area contributed by atoms with Crippen molar-refractivity contribution in [3.8, 4) is 5.75 Å². The second-order valence-electron chi connectivity index (χ2n) is 8.01. The fourth-order valence-electron chi connectivity index (χ4n) is 4.04. The lowest BCUT2D eigenvalue weighted by Gasteiger charge is -2.35. The third kappa shape index (κ3) is 5.13. The number of anilines is 1. The molecule has 0 radical (unpaired) electrons. The zero-order valence-corrected chi connectivity index (χ0v) is 21.2. The summed E-state index contributed by atoms with van der Waals surface area (Å²) < 4.78 is 78.1. The molecule has 4 rings (SSSR count). The van der Waals surface area contributed by atoms with E-state index in [0.29, 0.717) is 21.5 Å². The van der Waals surface area contributed by atoms with Gasteiger partial charge in [0.05, 0.1) is 30.4 Å². The summed E-state index contributed by atoms with van der Waals surface area (Å²) in [4.78, 5) is 17.7. The fourth-order valence-corrected chi connectivity index (χ4v) is 7.16. The number of benzene rings is 1. The zero-order valence-electron chi connectivity index (χ0n) is 19.5. The Morgan fingerprint density at radius 2 is 1.86 bits per heavy atom. The van der Waals surface area contributed by atoms with Gasteiger partial charge in [-0.25, -0.2) is 13.4 Å². The number of halogens is 3. The molecule has 0 bridgehead atoms. The Hall–Kier alpha value is -2.90. The number of carbonyl (C=O) groups is 1. The molecule has 194 valence electrons. The second-order valence-corrected chi connectivity index (χ2v) is 10.8. The van der Waals surface area contributed by atoms with E-state index in [1.165, 1.54) is 28.8 Å². The lowest BCUT2D eigenvalue weighted by molar-refractivity contribution is -0.142. The molecule has 2 aromatic heterocycles. The van der Waals surface area contributed by atoms with Crippen molar-refractivity contribution in [1.82, 2.24) is 9.29 Å². The minimum absolute atomic E-state index is 0.0262. The number of piperazine rings is 1. The Balaban J connectivity index is 1.57. The van der Waals surface area contributed by atoms with E-state index < -0.39 is 27.7 Å². The molecule has 0 spiro atoms. The van der Waals surface area contributed by atoms with Gasteiger partial charge in [0.25, 0.3) is 0 Å². The Labute approximate surface area is 210 Å². The molecule has 1 aliphatic heterocycles. The van der Waals surface area contributed by atoms with Gasteiger partial charge in [-0.05, 0) is 47.5 Å². The molecule has 1 aliphatic rings. The van der Waals surface area contributed by atoms with Crippen molar-refractivity contribution >= 4 is 43.2 Å². The smallest absolute Gasteiger partial charge is 0.417 e. The predicted octanol–water partition coefficient (Wildman–Crippen LogP) is 3.94. The number of sulfonamides is 1. The van der Waals surface area contributed by atoms with Crippen LogP contribution in [0.4, 0.5) is 19.0 Å². The molecule has 3 heterocycles. The standard InChI is InChI=1S/C23H24F3N3O5S2/c1-3-34-20(30)12-15-14-35-21-17(15)5-6-18(33-2)22(21)36(31,32)29-10-8-28(9-11-29)19-7-4-16(13-27-19)23(24,25)26/h4-7,13-14H,3,8-12H2,1-2H3. The molecule has 1 fully saturated rings. The van der Waals surface area contributed by atoms with E-state index in [4.69, 9.17) is 9.47 Å². The first-order valence-corrected chi connectivity index (χ1v) is 13.4. The minimum atomic E-state index is -4.48. The van der Waals surface area contributed by atoms with Crippen LogP contribution in [0, 0.1) is 0 Å². The van der Waals surface area contributed by atoms with Gasteiger partial charge in [-0.2, -0.15) is 17.5 Å². The molecule has 0 N–H and O–H groups in total. The van der Waals surface area contributed by atoms with Gasteiger partial charge in [-0.3, -0.25) is 4.79 Å². The van der Waals surface area contributed by atoms with Crippen LogP contribution >= 0.6 is 11.3 Å². The first-order chi connectivity index (χ1) is 17.1. The lowest BCUT2D eigenvalue weighted by Crippen LogP contribution is -2.49. The van der Waals surface area contributed by atoms with Gasteiger partial charge in [0.2, 0.25) is 10.0 Å². The number of fused-ring (bicyclic) bond motifs is 1. The molecule has 3 aromatic rings. The Kier molecular flexibility index (Phi) is 7.43. The van der Waals surface area contributed by atoms with Crippen molar-refractivity contribution in [3.63, 3.8) is 0 Å². The monoisotopic (exact) mass is 543 g/mol. The minimum Gasteiger partial charge on any atom is -0.495 e. The summed E-state index contributed by atoms with van der Waals surface area (Å²) in [6.45, 7) is 2.72. The number of hydrogen-bond donors (Lipinski definition) is 0. The average Bonchev–Trinajstić information content (AvgIpc) is 3.25. The summed E-state index contributed by atoms with van der Waals surface area (Å²) in [6, 6.07) is 5.54. The third-order valence-electron chi connectivity index (χ3n) is 5.84. The molecule has 13 heteroatoms. The second kappa shape index (κ2) is 10.2. The van der Waals surface area contributed by atoms with Crippen molar-refractivity contribution in [2.24, 2.45) is 0 Å². The summed E-state index contributed by atoms with van der Waals surface area (Å²) in [5.41, 5.74) is -0.170. The van der Waals surface area contributed by atoms with E-state index in [9.17, 15) is 26.4 Å². The Morgan fingerprint density at radius 1 is 1.14 bits per heavy atom. The van der Waals surface area contributed by atoms with Crippen molar-refractivity contribution in [3.05, 3.63) is 47.0 Å². The highest BCUT2D eigenvalue weighted by Gasteiger charge is 2.34. The van der Waals surface area contributed by atoms with Gasteiger partial charge in [0.15, 0.2) is 0 Å². The van der Waals surface area contributed by atoms with Crippen molar-refractivity contribution in [2.75, 3.05) is 44.8 Å². The first-order valence-electron chi connectivity index (χ1n) is 11.1. The highest BCUT2D eigenvalue weighted by molar-refractivity contribution is 7.89. The number of rotatable bonds is 7. The SMILES string of the molecule is CCOC(=O)Cc1csc2c(S(=O)(=O)N3CCN(c4ccc(C(F)(F)F)cn4)CC3)c(OC)ccc12. The summed E-state index contributed by atoms with van der Waals surface area (Å²) in [6.07, 6.45) is -3.68. The van der Waals surface area contributed by atoms with Crippen LogP contribution in [-0.2, 0) is 32.2 Å². The van der Waals surface area contributed by atoms with Gasteiger partial charge in [0.1, 0.15) is 16.5 Å². The quantitative estimate of drug-likeness (QED) is 0.417. The summed E-state index contributed by atoms with van der Waals surface area (Å²) >= 11 is 1.22. The molecular formula is C23H24F3N3O5S2. The summed E-state index contributed by atoms with van der Waals surface area (Å²) in [5, 5.41) is 2.38. The van der Waals surface area contributed by atoms with Crippen LogP contribution in [0.1, 0.15) is 18.1 Å². The van der Waals surface area contributed by atoms with Gasteiger partial charge >= 0.3 is 12.1 Å². The summed E-state index contributed by atoms with van der Waals surface area (Å²) in [7, 11) is -2.59. The van der Waals surface area contributed by atoms with Crippen molar-refractivity contribution in [2.45, 2.75) is 24.4 Å². The molecular weight excluding hydrogens is 519 g/mol. The molecule has 0 atom stereocenters. The van der Waals surface area contributed by atoms with Crippen LogP contribution in [0.3, 0.4) is 0 Å². The van der Waals surface area contributed by atoms with E-state index in [1.54, 1.807) is 29.3 Å². The first kappa shape index (κ1) is 26.2. The number of hydrogen-bond acceptors (Lipinski definition) is 8. The lowest BCUT2D eigenvalue weighted by atomic mass is 10.1. The van der Waals surface area contributed by atoms with Gasteiger partial charge in [-0.1, -0.05) is 0 Å². The number of thiophene rings is 1. The number of alkyl halides is 3. The van der Waals surface area contributed by atoms with Gasteiger partial charge in [-0.15, -0.1) is 11.3 Å². The van der Waals surface area contributed by atoms with E-state index >= 15 is 0 Å². The number of esters is 1. The normalized spacial score (nSPS) is 15.3. The van der Waals surface area contributed by atoms with Crippen LogP contribution in [0.15, 0.2) is 40.7 Å². The maximum Gasteiger partial charge on any atom is 0.417 e. The molecule has 0 amide bonds. The maximum absolute atomic E-state index is 13.7. The highest BCUT2D eigenvalue weighted by atomic mass is 32.2. The molecule has 0 aliphatic carbocycles. The van der Waals surface area contributed by atoms with Crippen LogP contribution < -0.4 is 9.64 Å². The number of pyridine rings is 1. The number of nitrogens with zero attached hydrogens (tertiary/aromatic N) is 3. The van der Waals surface area contributed by atoms with E-state index in [1.807, 2.05) is 0 Å². The van der Waals surface area contributed by atoms with Crippen LogP contribution in [0.2, 0.25) is 0 Å². The zero-order chi connectivity index (χ0) is 26.1. The van der Waals surface area contributed by atoms with Gasteiger partial charge < -0.3 is 14.4 Å². The van der Waals surface area contributed by atoms with E-state index in [2.05, 4.69) is 4.98 Å². The number of methoxy groups -OCH3 is 1. The van der Waals surface area contributed by atoms with Crippen molar-refractivity contribution in [1.29, 1.82) is 0 Å². The van der Waals surface area contributed by atoms with E-state index in [0.717, 1.165) is 12.3 Å².